The highest BCUT2D eigenvalue weighted by Gasteiger charge is 2.22. The van der Waals surface area contributed by atoms with Crippen molar-refractivity contribution in [3.63, 3.8) is 0 Å². The molecule has 0 aliphatic heterocycles. The molecular formula is C11H14ClNO3. The van der Waals surface area contributed by atoms with Crippen LogP contribution in [-0.2, 0) is 4.79 Å². The Balaban J connectivity index is 2.97. The number of aliphatic carboxylic acids is 1. The largest absolute Gasteiger partial charge is 0.495 e. The van der Waals surface area contributed by atoms with Crippen molar-refractivity contribution in [1.82, 2.24) is 0 Å². The van der Waals surface area contributed by atoms with Gasteiger partial charge in [0.1, 0.15) is 11.8 Å². The Hall–Kier alpha value is -1.26. The molecule has 4 nitrogen and oxygen atoms in total. The summed E-state index contributed by atoms with van der Waals surface area (Å²) in [6.07, 6.45) is 0. The first-order chi connectivity index (χ1) is 7.47. The number of rotatable bonds is 4. The molecule has 3 N–H and O–H groups in total. The van der Waals surface area contributed by atoms with E-state index in [1.54, 1.807) is 25.1 Å². The number of carbonyl (C=O) groups is 1. The summed E-state index contributed by atoms with van der Waals surface area (Å²) in [5, 5.41) is 9.25. The number of hydrogen-bond donors (Lipinski definition) is 2. The summed E-state index contributed by atoms with van der Waals surface area (Å²) < 4.78 is 5.01. The number of carboxylic acid groups (broad SMARTS) is 1. The van der Waals surface area contributed by atoms with E-state index in [2.05, 4.69) is 0 Å². The van der Waals surface area contributed by atoms with Crippen LogP contribution < -0.4 is 10.5 Å². The summed E-state index contributed by atoms with van der Waals surface area (Å²) in [6, 6.07) is 4.19. The van der Waals surface area contributed by atoms with Crippen LogP contribution in [0.25, 0.3) is 0 Å². The molecule has 88 valence electrons. The second-order valence-electron chi connectivity index (χ2n) is 3.55. The van der Waals surface area contributed by atoms with Crippen LogP contribution in [0.15, 0.2) is 18.2 Å². The van der Waals surface area contributed by atoms with E-state index >= 15 is 0 Å². The Kier molecular flexibility index (Phi) is 4.15. The van der Waals surface area contributed by atoms with E-state index in [1.165, 1.54) is 7.11 Å². The van der Waals surface area contributed by atoms with Crippen molar-refractivity contribution in [2.75, 3.05) is 7.11 Å². The van der Waals surface area contributed by atoms with Gasteiger partial charge in [0.2, 0.25) is 0 Å². The average Bonchev–Trinajstić information content (AvgIpc) is 2.26. The molecule has 1 unspecified atom stereocenters. The molecule has 0 fully saturated rings. The third-order valence-corrected chi connectivity index (χ3v) is 2.82. The van der Waals surface area contributed by atoms with Gasteiger partial charge in [0.25, 0.3) is 0 Å². The molecule has 0 heterocycles. The molecule has 0 aliphatic rings. The number of halogens is 1. The predicted octanol–water partition coefficient (Wildman–Crippen LogP) is 1.86. The summed E-state index contributed by atoms with van der Waals surface area (Å²) in [5.41, 5.74) is 6.32. The maximum Gasteiger partial charge on any atom is 0.321 e. The highest BCUT2D eigenvalue weighted by Crippen LogP contribution is 2.29. The van der Waals surface area contributed by atoms with Crippen LogP contribution in [-0.4, -0.2) is 24.2 Å². The van der Waals surface area contributed by atoms with Gasteiger partial charge in [-0.1, -0.05) is 24.6 Å². The number of nitrogens with two attached hydrogens (primary N) is 1. The fourth-order valence-electron chi connectivity index (χ4n) is 1.39. The van der Waals surface area contributed by atoms with Crippen LogP contribution in [0.4, 0.5) is 0 Å². The summed E-state index contributed by atoms with van der Waals surface area (Å²) in [4.78, 5) is 10.7. The monoisotopic (exact) mass is 243 g/mol. The number of benzene rings is 1. The van der Waals surface area contributed by atoms with E-state index in [1.807, 2.05) is 0 Å². The molecule has 0 aliphatic carbocycles. The van der Waals surface area contributed by atoms with Gasteiger partial charge in [0, 0.05) is 5.92 Å². The first-order valence-corrected chi connectivity index (χ1v) is 5.17. The number of carboxylic acids is 1. The molecule has 0 radical (unpaired) electrons. The van der Waals surface area contributed by atoms with Gasteiger partial charge in [-0.05, 0) is 17.7 Å². The minimum Gasteiger partial charge on any atom is -0.495 e. The topological polar surface area (TPSA) is 72.5 Å². The van der Waals surface area contributed by atoms with Crippen LogP contribution in [0, 0.1) is 0 Å². The van der Waals surface area contributed by atoms with Crippen molar-refractivity contribution in [3.05, 3.63) is 28.8 Å². The lowest BCUT2D eigenvalue weighted by atomic mass is 9.94. The van der Waals surface area contributed by atoms with Gasteiger partial charge in [-0.2, -0.15) is 0 Å². The molecule has 0 saturated heterocycles. The fourth-order valence-corrected chi connectivity index (χ4v) is 1.65. The second kappa shape index (κ2) is 5.18. The van der Waals surface area contributed by atoms with Crippen LogP contribution >= 0.6 is 11.6 Å². The van der Waals surface area contributed by atoms with Gasteiger partial charge >= 0.3 is 5.97 Å². The summed E-state index contributed by atoms with van der Waals surface area (Å²) in [6.45, 7) is 1.75. The minimum atomic E-state index is -1.03. The molecule has 0 aromatic heterocycles. The third-order valence-electron chi connectivity index (χ3n) is 2.53. The maximum absolute atomic E-state index is 10.7. The fraction of sp³-hybridized carbons (Fsp3) is 0.364. The second-order valence-corrected chi connectivity index (χ2v) is 3.95. The standard InChI is InChI=1S/C11H14ClNO3/c1-6(10(13)11(14)15)7-3-4-9(16-2)8(12)5-7/h3-6,10H,13H2,1-2H3,(H,14,15)/t6?,10-/m1/s1. The molecule has 5 heteroatoms. The molecule has 0 bridgehead atoms. The number of methoxy groups -OCH3 is 1. The van der Waals surface area contributed by atoms with Gasteiger partial charge in [-0.25, -0.2) is 0 Å². The Bertz CT molecular complexity index is 395. The first-order valence-electron chi connectivity index (χ1n) is 4.79. The Labute approximate surface area is 99.0 Å². The van der Waals surface area contributed by atoms with Crippen molar-refractivity contribution in [2.45, 2.75) is 18.9 Å². The van der Waals surface area contributed by atoms with Crippen molar-refractivity contribution >= 4 is 17.6 Å². The van der Waals surface area contributed by atoms with E-state index in [0.717, 1.165) is 5.56 Å². The van der Waals surface area contributed by atoms with Gasteiger partial charge in [-0.3, -0.25) is 4.79 Å². The number of hydrogen-bond acceptors (Lipinski definition) is 3. The van der Waals surface area contributed by atoms with E-state index in [9.17, 15) is 4.79 Å². The predicted molar refractivity (Wildman–Crippen MR) is 62.0 cm³/mol. The van der Waals surface area contributed by atoms with E-state index in [-0.39, 0.29) is 5.92 Å². The van der Waals surface area contributed by atoms with Crippen molar-refractivity contribution < 1.29 is 14.6 Å². The summed E-state index contributed by atoms with van der Waals surface area (Å²) in [7, 11) is 1.52. The Morgan fingerprint density at radius 1 is 1.56 bits per heavy atom. The zero-order chi connectivity index (χ0) is 12.3. The van der Waals surface area contributed by atoms with Crippen LogP contribution in [0.2, 0.25) is 5.02 Å². The quantitative estimate of drug-likeness (QED) is 0.847. The lowest BCUT2D eigenvalue weighted by Gasteiger charge is -2.17. The zero-order valence-electron chi connectivity index (χ0n) is 9.11. The van der Waals surface area contributed by atoms with Crippen LogP contribution in [0.1, 0.15) is 18.4 Å². The van der Waals surface area contributed by atoms with Crippen molar-refractivity contribution in [3.8, 4) is 5.75 Å². The summed E-state index contributed by atoms with van der Waals surface area (Å²) >= 11 is 5.94. The van der Waals surface area contributed by atoms with Gasteiger partial charge in [-0.15, -0.1) is 0 Å². The van der Waals surface area contributed by atoms with Crippen molar-refractivity contribution in [2.24, 2.45) is 5.73 Å². The smallest absolute Gasteiger partial charge is 0.321 e. The van der Waals surface area contributed by atoms with Crippen molar-refractivity contribution in [1.29, 1.82) is 0 Å². The molecule has 0 amide bonds. The van der Waals surface area contributed by atoms with Crippen LogP contribution in [0.3, 0.4) is 0 Å². The molecule has 0 spiro atoms. The van der Waals surface area contributed by atoms with Gasteiger partial charge in [0.15, 0.2) is 0 Å². The Morgan fingerprint density at radius 3 is 2.62 bits per heavy atom. The number of ether oxygens (including phenoxy) is 1. The first kappa shape index (κ1) is 12.8. The van der Waals surface area contributed by atoms with E-state index in [4.69, 9.17) is 27.2 Å². The van der Waals surface area contributed by atoms with Crippen LogP contribution in [0.5, 0.6) is 5.75 Å². The lowest BCUT2D eigenvalue weighted by molar-refractivity contribution is -0.139. The normalized spacial score (nSPS) is 14.2. The molecule has 2 atom stereocenters. The molecule has 1 aromatic carbocycles. The van der Waals surface area contributed by atoms with Gasteiger partial charge in [0.05, 0.1) is 12.1 Å². The third kappa shape index (κ3) is 2.65. The highest BCUT2D eigenvalue weighted by molar-refractivity contribution is 6.32. The summed E-state index contributed by atoms with van der Waals surface area (Å²) in [5.74, 6) is -0.776. The average molecular weight is 244 g/mol. The maximum atomic E-state index is 10.7. The highest BCUT2D eigenvalue weighted by atomic mass is 35.5. The van der Waals surface area contributed by atoms with E-state index in [0.29, 0.717) is 10.8 Å². The van der Waals surface area contributed by atoms with E-state index < -0.39 is 12.0 Å². The molecule has 16 heavy (non-hydrogen) atoms. The molecule has 1 aromatic rings. The molecule has 1 rings (SSSR count). The minimum absolute atomic E-state index is 0.305. The zero-order valence-corrected chi connectivity index (χ0v) is 9.86. The lowest BCUT2D eigenvalue weighted by Crippen LogP contribution is -2.35. The molecular weight excluding hydrogens is 230 g/mol. The molecule has 0 saturated carbocycles. The Morgan fingerprint density at radius 2 is 2.19 bits per heavy atom. The SMILES string of the molecule is COc1ccc(C(C)[C@@H](N)C(=O)O)cc1Cl. The van der Waals surface area contributed by atoms with Gasteiger partial charge < -0.3 is 15.6 Å².